The third-order valence-corrected chi connectivity index (χ3v) is 3.66. The van der Waals surface area contributed by atoms with Crippen LogP contribution >= 0.6 is 24.0 Å². The van der Waals surface area contributed by atoms with Crippen LogP contribution in [0.15, 0.2) is 4.99 Å². The molecule has 2 unspecified atom stereocenters. The molecular formula is C15H29IN4O3. The number of likely N-dealkylation sites (tertiary alicyclic amines) is 1. The minimum absolute atomic E-state index is 0. The fraction of sp³-hybridized carbons (Fsp3) is 0.800. The number of aliphatic imine (C=N–C) groups is 1. The van der Waals surface area contributed by atoms with Crippen LogP contribution in [0.4, 0.5) is 0 Å². The van der Waals surface area contributed by atoms with Crippen LogP contribution in [0.3, 0.4) is 0 Å². The van der Waals surface area contributed by atoms with Gasteiger partial charge in [0.25, 0.3) is 0 Å². The van der Waals surface area contributed by atoms with Crippen molar-refractivity contribution in [3.63, 3.8) is 0 Å². The van der Waals surface area contributed by atoms with Gasteiger partial charge in [0.1, 0.15) is 0 Å². The first-order valence-electron chi connectivity index (χ1n) is 7.92. The van der Waals surface area contributed by atoms with Gasteiger partial charge in [0.2, 0.25) is 5.91 Å². The molecule has 0 radical (unpaired) electrons. The quantitative estimate of drug-likeness (QED) is 0.279. The van der Waals surface area contributed by atoms with Crippen molar-refractivity contribution in [3.8, 4) is 0 Å². The number of hydrogen-bond acceptors (Lipinski definition) is 4. The Labute approximate surface area is 155 Å². The highest BCUT2D eigenvalue weighted by Crippen LogP contribution is 2.10. The maximum Gasteiger partial charge on any atom is 0.310 e. The summed E-state index contributed by atoms with van der Waals surface area (Å²) in [5.74, 6) is 0.321. The lowest BCUT2D eigenvalue weighted by Crippen LogP contribution is -2.45. The summed E-state index contributed by atoms with van der Waals surface area (Å²) >= 11 is 0. The fourth-order valence-electron chi connectivity index (χ4n) is 2.35. The van der Waals surface area contributed by atoms with E-state index in [9.17, 15) is 9.59 Å². The van der Waals surface area contributed by atoms with Crippen molar-refractivity contribution in [2.75, 3.05) is 33.3 Å². The third kappa shape index (κ3) is 7.36. The van der Waals surface area contributed by atoms with Crippen molar-refractivity contribution < 1.29 is 14.3 Å². The molecule has 0 aromatic rings. The molecule has 0 aromatic carbocycles. The molecule has 1 fully saturated rings. The first-order valence-corrected chi connectivity index (χ1v) is 7.92. The molecule has 1 aliphatic rings. The summed E-state index contributed by atoms with van der Waals surface area (Å²) in [5.41, 5.74) is 0. The molecule has 1 amide bonds. The van der Waals surface area contributed by atoms with E-state index < -0.39 is 0 Å². The summed E-state index contributed by atoms with van der Waals surface area (Å²) in [4.78, 5) is 29.4. The molecule has 7 nitrogen and oxygen atoms in total. The van der Waals surface area contributed by atoms with E-state index in [-0.39, 0.29) is 47.8 Å². The van der Waals surface area contributed by atoms with Crippen LogP contribution in [-0.2, 0) is 14.3 Å². The highest BCUT2D eigenvalue weighted by Gasteiger charge is 2.25. The van der Waals surface area contributed by atoms with Crippen molar-refractivity contribution >= 4 is 41.8 Å². The van der Waals surface area contributed by atoms with Gasteiger partial charge < -0.3 is 20.3 Å². The molecule has 2 atom stereocenters. The van der Waals surface area contributed by atoms with E-state index >= 15 is 0 Å². The van der Waals surface area contributed by atoms with Crippen molar-refractivity contribution in [2.45, 2.75) is 39.7 Å². The second-order valence-corrected chi connectivity index (χ2v) is 5.47. The van der Waals surface area contributed by atoms with Gasteiger partial charge in [-0.3, -0.25) is 14.6 Å². The topological polar surface area (TPSA) is 83.0 Å². The highest BCUT2D eigenvalue weighted by molar-refractivity contribution is 14.0. The standard InChI is InChI=1S/C15H28N4O3.HI/c1-5-13(20)19-8-7-12(10-19)18-15(16-6-2)17-9-11(3)14(21)22-4;/h11-12H,5-10H2,1-4H3,(H2,16,17,18);1H. The number of carbonyl (C=O) groups excluding carboxylic acids is 2. The number of ether oxygens (including phenoxy) is 1. The monoisotopic (exact) mass is 440 g/mol. The number of hydrogen-bond donors (Lipinski definition) is 2. The van der Waals surface area contributed by atoms with Gasteiger partial charge in [-0.1, -0.05) is 13.8 Å². The number of guanidine groups is 1. The molecule has 23 heavy (non-hydrogen) atoms. The van der Waals surface area contributed by atoms with Crippen molar-refractivity contribution in [2.24, 2.45) is 10.9 Å². The second-order valence-electron chi connectivity index (χ2n) is 5.47. The average molecular weight is 440 g/mol. The molecular weight excluding hydrogens is 411 g/mol. The highest BCUT2D eigenvalue weighted by atomic mass is 127. The lowest BCUT2D eigenvalue weighted by molar-refractivity contribution is -0.144. The summed E-state index contributed by atoms with van der Waals surface area (Å²) in [6.45, 7) is 8.24. The molecule has 0 bridgehead atoms. The molecule has 1 heterocycles. The smallest absolute Gasteiger partial charge is 0.310 e. The molecule has 2 N–H and O–H groups in total. The maximum atomic E-state index is 11.7. The minimum Gasteiger partial charge on any atom is -0.469 e. The second kappa shape index (κ2) is 11.5. The lowest BCUT2D eigenvalue weighted by atomic mass is 10.2. The number of esters is 1. The molecule has 1 rings (SSSR count). The summed E-state index contributed by atoms with van der Waals surface area (Å²) in [7, 11) is 1.38. The number of nitrogens with one attached hydrogen (secondary N) is 2. The Balaban J connectivity index is 0.00000484. The van der Waals surface area contributed by atoms with Crippen LogP contribution in [0.1, 0.15) is 33.6 Å². The normalized spacial score (nSPS) is 18.9. The van der Waals surface area contributed by atoms with Gasteiger partial charge in [0.15, 0.2) is 5.96 Å². The number of rotatable bonds is 6. The Morgan fingerprint density at radius 1 is 1.39 bits per heavy atom. The molecule has 0 spiro atoms. The number of halogens is 1. The van der Waals surface area contributed by atoms with E-state index in [1.807, 2.05) is 18.7 Å². The average Bonchev–Trinajstić information content (AvgIpc) is 2.99. The number of carbonyl (C=O) groups is 2. The number of nitrogens with zero attached hydrogens (tertiary/aromatic N) is 2. The SMILES string of the molecule is CCNC(=NCC(C)C(=O)OC)NC1CCN(C(=O)CC)C1.I. The largest absolute Gasteiger partial charge is 0.469 e. The van der Waals surface area contributed by atoms with Crippen molar-refractivity contribution in [1.29, 1.82) is 0 Å². The van der Waals surface area contributed by atoms with Crippen LogP contribution in [0.5, 0.6) is 0 Å². The van der Waals surface area contributed by atoms with Crippen molar-refractivity contribution in [3.05, 3.63) is 0 Å². The van der Waals surface area contributed by atoms with Gasteiger partial charge in [0, 0.05) is 32.1 Å². The molecule has 134 valence electrons. The lowest BCUT2D eigenvalue weighted by Gasteiger charge is -2.19. The summed E-state index contributed by atoms with van der Waals surface area (Å²) in [5, 5.41) is 6.49. The van der Waals surface area contributed by atoms with Gasteiger partial charge >= 0.3 is 5.97 Å². The van der Waals surface area contributed by atoms with E-state index in [0.717, 1.165) is 19.5 Å². The zero-order valence-corrected chi connectivity index (χ0v) is 16.8. The van der Waals surface area contributed by atoms with E-state index in [0.29, 0.717) is 25.5 Å². The Hall–Kier alpha value is -1.06. The van der Waals surface area contributed by atoms with Crippen LogP contribution in [0.2, 0.25) is 0 Å². The van der Waals surface area contributed by atoms with Gasteiger partial charge in [-0.2, -0.15) is 0 Å². The molecule has 1 saturated heterocycles. The molecule has 0 aliphatic carbocycles. The summed E-state index contributed by atoms with van der Waals surface area (Å²) < 4.78 is 4.70. The molecule has 0 aromatic heterocycles. The Bertz CT molecular complexity index is 418. The fourth-order valence-corrected chi connectivity index (χ4v) is 2.35. The van der Waals surface area contributed by atoms with Crippen LogP contribution in [0, 0.1) is 5.92 Å². The first-order chi connectivity index (χ1) is 10.5. The van der Waals surface area contributed by atoms with Crippen LogP contribution < -0.4 is 10.6 Å². The van der Waals surface area contributed by atoms with Crippen LogP contribution in [-0.4, -0.2) is 62.1 Å². The summed E-state index contributed by atoms with van der Waals surface area (Å²) in [6.07, 6.45) is 1.44. The Kier molecular flexibility index (Phi) is 10.9. The van der Waals surface area contributed by atoms with E-state index in [2.05, 4.69) is 15.6 Å². The van der Waals surface area contributed by atoms with E-state index in [1.165, 1.54) is 7.11 Å². The van der Waals surface area contributed by atoms with Crippen LogP contribution in [0.25, 0.3) is 0 Å². The number of amides is 1. The van der Waals surface area contributed by atoms with Gasteiger partial charge in [-0.15, -0.1) is 24.0 Å². The van der Waals surface area contributed by atoms with Gasteiger partial charge in [0.05, 0.1) is 19.6 Å². The summed E-state index contributed by atoms with van der Waals surface area (Å²) in [6, 6.07) is 0.196. The first kappa shape index (κ1) is 21.9. The molecule has 0 saturated carbocycles. The third-order valence-electron chi connectivity index (χ3n) is 3.66. The molecule has 1 aliphatic heterocycles. The maximum absolute atomic E-state index is 11.7. The van der Waals surface area contributed by atoms with Gasteiger partial charge in [-0.05, 0) is 13.3 Å². The zero-order valence-electron chi connectivity index (χ0n) is 14.4. The zero-order chi connectivity index (χ0) is 16.5. The Morgan fingerprint density at radius 3 is 2.65 bits per heavy atom. The number of methoxy groups -OCH3 is 1. The predicted molar refractivity (Wildman–Crippen MR) is 101 cm³/mol. The molecule has 8 heteroatoms. The Morgan fingerprint density at radius 2 is 2.09 bits per heavy atom. The minimum atomic E-state index is -0.276. The van der Waals surface area contributed by atoms with E-state index in [1.54, 1.807) is 6.92 Å². The van der Waals surface area contributed by atoms with Gasteiger partial charge in [-0.25, -0.2) is 0 Å². The van der Waals surface area contributed by atoms with Crippen molar-refractivity contribution in [1.82, 2.24) is 15.5 Å². The predicted octanol–water partition coefficient (Wildman–Crippen LogP) is 0.979. The van der Waals surface area contributed by atoms with E-state index in [4.69, 9.17) is 4.74 Å².